The van der Waals surface area contributed by atoms with Crippen molar-refractivity contribution in [2.75, 3.05) is 25.1 Å². The topological polar surface area (TPSA) is 153 Å². The summed E-state index contributed by atoms with van der Waals surface area (Å²) >= 11 is 0. The van der Waals surface area contributed by atoms with Crippen molar-refractivity contribution >= 4 is 35.8 Å². The zero-order valence-electron chi connectivity index (χ0n) is 23.8. The van der Waals surface area contributed by atoms with Crippen molar-refractivity contribution in [3.63, 3.8) is 0 Å². The second kappa shape index (κ2) is 17.3. The Hall–Kier alpha value is -5.65. The number of amides is 1. The highest BCUT2D eigenvalue weighted by atomic mass is 16.7. The number of ether oxygens (including phenoxy) is 6. The fraction of sp³-hybridized carbons (Fsp3) is 0.219. The van der Waals surface area contributed by atoms with Crippen molar-refractivity contribution in [1.29, 1.82) is 0 Å². The summed E-state index contributed by atoms with van der Waals surface area (Å²) in [6.45, 7) is 7.11. The summed E-state index contributed by atoms with van der Waals surface area (Å²) in [5, 5.41) is 2.52. The first-order valence-electron chi connectivity index (χ1n) is 13.5. The van der Waals surface area contributed by atoms with Crippen LogP contribution in [-0.2, 0) is 28.5 Å². The SMILES string of the molecule is C=CCOC(=O)Nc1ccc(C(=O)OC2=CC=C(OC(=O)c3ccc(OC(=O)OCCCCOC(=O)C=C)cc3)CC2)cc1. The average Bonchev–Trinajstić information content (AvgIpc) is 3.03. The minimum absolute atomic E-state index is 0.0749. The van der Waals surface area contributed by atoms with Crippen LogP contribution in [0.25, 0.3) is 0 Å². The van der Waals surface area contributed by atoms with Crippen LogP contribution < -0.4 is 10.1 Å². The predicted octanol–water partition coefficient (Wildman–Crippen LogP) is 6.02. The minimum Gasteiger partial charge on any atom is -0.463 e. The second-order valence-electron chi connectivity index (χ2n) is 8.94. The van der Waals surface area contributed by atoms with Crippen LogP contribution in [0.5, 0.6) is 5.75 Å². The fourth-order valence-electron chi connectivity index (χ4n) is 3.48. The van der Waals surface area contributed by atoms with E-state index in [1.807, 2.05) is 0 Å². The predicted molar refractivity (Wildman–Crippen MR) is 157 cm³/mol. The van der Waals surface area contributed by atoms with Crippen LogP contribution in [0, 0.1) is 0 Å². The van der Waals surface area contributed by atoms with E-state index in [1.165, 1.54) is 42.5 Å². The molecule has 1 aliphatic carbocycles. The van der Waals surface area contributed by atoms with Crippen molar-refractivity contribution in [1.82, 2.24) is 0 Å². The number of unbranched alkanes of at least 4 members (excludes halogenated alkanes) is 1. The van der Waals surface area contributed by atoms with Crippen molar-refractivity contribution in [2.45, 2.75) is 25.7 Å². The molecule has 0 radical (unpaired) electrons. The summed E-state index contributed by atoms with van der Waals surface area (Å²) in [6, 6.07) is 11.8. The maximum atomic E-state index is 12.5. The van der Waals surface area contributed by atoms with Gasteiger partial charge in [0.05, 0.1) is 24.3 Å². The first-order valence-corrected chi connectivity index (χ1v) is 13.5. The summed E-state index contributed by atoms with van der Waals surface area (Å²) in [7, 11) is 0. The van der Waals surface area contributed by atoms with Crippen molar-refractivity contribution < 1.29 is 52.4 Å². The molecule has 0 unspecified atom stereocenters. The Bertz CT molecular complexity index is 1420. The molecule has 44 heavy (non-hydrogen) atoms. The summed E-state index contributed by atoms with van der Waals surface area (Å²) in [5.41, 5.74) is 0.955. The molecule has 1 N–H and O–H groups in total. The Morgan fingerprint density at radius 1 is 0.705 bits per heavy atom. The molecule has 0 aromatic heterocycles. The molecule has 12 heteroatoms. The van der Waals surface area contributed by atoms with E-state index in [0.29, 0.717) is 42.9 Å². The lowest BCUT2D eigenvalue weighted by Crippen LogP contribution is -2.14. The molecule has 12 nitrogen and oxygen atoms in total. The number of hydrogen-bond donors (Lipinski definition) is 1. The first-order chi connectivity index (χ1) is 21.3. The van der Waals surface area contributed by atoms with E-state index in [1.54, 1.807) is 24.3 Å². The van der Waals surface area contributed by atoms with Gasteiger partial charge in [0.2, 0.25) is 0 Å². The smallest absolute Gasteiger partial charge is 0.463 e. The van der Waals surface area contributed by atoms with Gasteiger partial charge in [0, 0.05) is 24.6 Å². The van der Waals surface area contributed by atoms with Gasteiger partial charge < -0.3 is 28.4 Å². The van der Waals surface area contributed by atoms with Gasteiger partial charge in [0.1, 0.15) is 23.9 Å². The van der Waals surface area contributed by atoms with E-state index in [9.17, 15) is 24.0 Å². The van der Waals surface area contributed by atoms with Gasteiger partial charge in [-0.3, -0.25) is 5.32 Å². The number of nitrogens with one attached hydrogen (secondary N) is 1. The molecule has 0 bridgehead atoms. The van der Waals surface area contributed by atoms with E-state index in [4.69, 9.17) is 28.4 Å². The summed E-state index contributed by atoms with van der Waals surface area (Å²) in [5.74, 6) is -0.749. The highest BCUT2D eigenvalue weighted by molar-refractivity contribution is 5.92. The van der Waals surface area contributed by atoms with E-state index in [0.717, 1.165) is 6.08 Å². The molecular formula is C32H31NO11. The first kappa shape index (κ1) is 32.9. The number of hydrogen-bond acceptors (Lipinski definition) is 11. The van der Waals surface area contributed by atoms with Crippen LogP contribution in [0.4, 0.5) is 15.3 Å². The average molecular weight is 606 g/mol. The van der Waals surface area contributed by atoms with Crippen molar-refractivity contribution in [3.05, 3.63) is 109 Å². The van der Waals surface area contributed by atoms with Gasteiger partial charge in [0.15, 0.2) is 0 Å². The molecule has 2 aromatic rings. The molecule has 230 valence electrons. The Morgan fingerprint density at radius 2 is 1.25 bits per heavy atom. The Labute approximate surface area is 253 Å². The molecule has 3 rings (SSSR count). The third-order valence-electron chi connectivity index (χ3n) is 5.68. The van der Waals surface area contributed by atoms with Crippen molar-refractivity contribution in [2.24, 2.45) is 0 Å². The summed E-state index contributed by atoms with van der Waals surface area (Å²) in [4.78, 5) is 59.4. The molecule has 0 atom stereocenters. The number of esters is 3. The lowest BCUT2D eigenvalue weighted by molar-refractivity contribution is -0.137. The zero-order chi connectivity index (χ0) is 31.7. The summed E-state index contributed by atoms with van der Waals surface area (Å²) < 4.78 is 30.6. The normalized spacial score (nSPS) is 11.9. The molecule has 0 saturated carbocycles. The van der Waals surface area contributed by atoms with E-state index in [-0.39, 0.29) is 36.7 Å². The minimum atomic E-state index is -0.908. The van der Waals surface area contributed by atoms with Crippen LogP contribution in [0.1, 0.15) is 46.4 Å². The lowest BCUT2D eigenvalue weighted by Gasteiger charge is -2.15. The van der Waals surface area contributed by atoms with Crippen LogP contribution >= 0.6 is 0 Å². The number of rotatable bonds is 14. The number of anilines is 1. The quantitative estimate of drug-likeness (QED) is 0.0671. The molecule has 0 heterocycles. The van der Waals surface area contributed by atoms with Gasteiger partial charge in [-0.15, -0.1) is 0 Å². The van der Waals surface area contributed by atoms with Crippen LogP contribution in [0.2, 0.25) is 0 Å². The van der Waals surface area contributed by atoms with Gasteiger partial charge >= 0.3 is 30.2 Å². The molecule has 0 spiro atoms. The Morgan fingerprint density at radius 3 is 1.77 bits per heavy atom. The highest BCUT2D eigenvalue weighted by Crippen LogP contribution is 2.23. The number of carbonyl (C=O) groups excluding carboxylic acids is 5. The van der Waals surface area contributed by atoms with E-state index >= 15 is 0 Å². The molecule has 1 aliphatic rings. The summed E-state index contributed by atoms with van der Waals surface area (Å²) in [6.07, 6.45) is 5.69. The Kier molecular flexibility index (Phi) is 12.9. The van der Waals surface area contributed by atoms with Crippen LogP contribution in [0.15, 0.2) is 97.5 Å². The van der Waals surface area contributed by atoms with Gasteiger partial charge in [-0.2, -0.15) is 0 Å². The maximum Gasteiger partial charge on any atom is 0.513 e. The molecule has 1 amide bonds. The number of benzene rings is 2. The molecular weight excluding hydrogens is 574 g/mol. The third-order valence-corrected chi connectivity index (χ3v) is 5.68. The third kappa shape index (κ3) is 11.3. The van der Waals surface area contributed by atoms with E-state index < -0.39 is 30.2 Å². The molecule has 0 aliphatic heterocycles. The number of allylic oxidation sites excluding steroid dienone is 4. The number of carbonyl (C=O) groups is 5. The lowest BCUT2D eigenvalue weighted by atomic mass is 10.1. The zero-order valence-corrected chi connectivity index (χ0v) is 23.8. The standard InChI is InChI=1S/C32H31NO11/c1-3-19-40-31(37)33-24-11-7-22(8-12-24)29(35)42-25-15-17-26(18-16-25)43-30(36)23-9-13-27(14-10-23)44-32(38)41-21-6-5-20-39-28(34)4-2/h3-4,7-15,17H,1-2,5-6,16,18-21H2,(H,33,37). The van der Waals surface area contributed by atoms with E-state index in [2.05, 4.69) is 18.5 Å². The molecule has 0 saturated heterocycles. The van der Waals surface area contributed by atoms with Gasteiger partial charge in [-0.05, 0) is 73.5 Å². The van der Waals surface area contributed by atoms with Gasteiger partial charge in [-0.1, -0.05) is 19.2 Å². The fourth-order valence-corrected chi connectivity index (χ4v) is 3.48. The largest absolute Gasteiger partial charge is 0.513 e. The van der Waals surface area contributed by atoms with Crippen LogP contribution in [-0.4, -0.2) is 50.0 Å². The molecule has 2 aromatic carbocycles. The Balaban J connectivity index is 1.40. The maximum absolute atomic E-state index is 12.5. The highest BCUT2D eigenvalue weighted by Gasteiger charge is 2.17. The van der Waals surface area contributed by atoms with Crippen LogP contribution in [0.3, 0.4) is 0 Å². The van der Waals surface area contributed by atoms with Gasteiger partial charge in [0.25, 0.3) is 0 Å². The monoisotopic (exact) mass is 605 g/mol. The van der Waals surface area contributed by atoms with Crippen molar-refractivity contribution in [3.8, 4) is 5.75 Å². The second-order valence-corrected chi connectivity index (χ2v) is 8.94. The van der Waals surface area contributed by atoms with Gasteiger partial charge in [-0.25, -0.2) is 24.0 Å². The molecule has 0 fully saturated rings.